The van der Waals surface area contributed by atoms with Gasteiger partial charge in [0.15, 0.2) is 16.6 Å². The molecule has 1 aliphatic rings. The number of nitrogens with one attached hydrogen (secondary N) is 1. The molecule has 2 aromatic carbocycles. The molecule has 3 aromatic rings. The van der Waals surface area contributed by atoms with Gasteiger partial charge in [-0.15, -0.1) is 0 Å². The Morgan fingerprint density at radius 2 is 1.97 bits per heavy atom. The SMILES string of the molecule is COc1ccc(S(=O)(=O)N2CCCC2C(=O)Nc2nc3ccc(F)cc3s2)cc1OC. The van der Waals surface area contributed by atoms with E-state index in [1.807, 2.05) is 0 Å². The number of anilines is 1. The third kappa shape index (κ3) is 4.08. The van der Waals surface area contributed by atoms with Gasteiger partial charge in [0.1, 0.15) is 11.9 Å². The summed E-state index contributed by atoms with van der Waals surface area (Å²) in [6, 6.07) is 7.60. The summed E-state index contributed by atoms with van der Waals surface area (Å²) in [7, 11) is -1.06. The van der Waals surface area contributed by atoms with Gasteiger partial charge in [-0.2, -0.15) is 4.31 Å². The second-order valence-electron chi connectivity index (χ2n) is 6.91. The summed E-state index contributed by atoms with van der Waals surface area (Å²) in [5.41, 5.74) is 0.558. The third-order valence-electron chi connectivity index (χ3n) is 5.05. The normalized spacial score (nSPS) is 17.1. The van der Waals surface area contributed by atoms with Gasteiger partial charge in [-0.25, -0.2) is 17.8 Å². The summed E-state index contributed by atoms with van der Waals surface area (Å²) >= 11 is 1.13. The first-order valence-corrected chi connectivity index (χ1v) is 11.7. The topological polar surface area (TPSA) is 97.8 Å². The largest absolute Gasteiger partial charge is 0.493 e. The summed E-state index contributed by atoms with van der Waals surface area (Å²) < 4.78 is 52.0. The lowest BCUT2D eigenvalue weighted by molar-refractivity contribution is -0.119. The maximum absolute atomic E-state index is 13.4. The van der Waals surface area contributed by atoms with Gasteiger partial charge in [-0.05, 0) is 43.2 Å². The second-order valence-corrected chi connectivity index (χ2v) is 9.83. The van der Waals surface area contributed by atoms with E-state index in [2.05, 4.69) is 10.3 Å². The lowest BCUT2D eigenvalue weighted by atomic mass is 10.2. The number of carbonyl (C=O) groups is 1. The fourth-order valence-electron chi connectivity index (χ4n) is 3.54. The number of thiazole rings is 1. The lowest BCUT2D eigenvalue weighted by Crippen LogP contribution is -2.43. The molecule has 1 aromatic heterocycles. The van der Waals surface area contributed by atoms with Crippen LogP contribution in [0.2, 0.25) is 0 Å². The maximum Gasteiger partial charge on any atom is 0.244 e. The Kier molecular flexibility index (Phi) is 5.82. The number of ether oxygens (including phenoxy) is 2. The van der Waals surface area contributed by atoms with Crippen LogP contribution < -0.4 is 14.8 Å². The number of hydrogen-bond donors (Lipinski definition) is 1. The number of hydrogen-bond acceptors (Lipinski definition) is 7. The predicted molar refractivity (Wildman–Crippen MR) is 115 cm³/mol. The zero-order chi connectivity index (χ0) is 22.2. The number of carbonyl (C=O) groups excluding carboxylic acids is 1. The highest BCUT2D eigenvalue weighted by Crippen LogP contribution is 2.34. The van der Waals surface area contributed by atoms with Crippen molar-refractivity contribution in [3.63, 3.8) is 0 Å². The van der Waals surface area contributed by atoms with Crippen molar-refractivity contribution in [2.75, 3.05) is 26.1 Å². The van der Waals surface area contributed by atoms with Crippen LogP contribution in [0.25, 0.3) is 10.2 Å². The molecule has 0 radical (unpaired) electrons. The van der Waals surface area contributed by atoms with E-state index in [4.69, 9.17) is 9.47 Å². The van der Waals surface area contributed by atoms with E-state index in [0.717, 1.165) is 11.3 Å². The van der Waals surface area contributed by atoms with Crippen LogP contribution in [0.3, 0.4) is 0 Å². The molecule has 1 aliphatic heterocycles. The van der Waals surface area contributed by atoms with E-state index in [9.17, 15) is 17.6 Å². The van der Waals surface area contributed by atoms with Crippen LogP contribution in [-0.4, -0.2) is 50.4 Å². The molecule has 8 nitrogen and oxygen atoms in total. The first-order chi connectivity index (χ1) is 14.8. The zero-order valence-corrected chi connectivity index (χ0v) is 18.4. The molecule has 164 valence electrons. The summed E-state index contributed by atoms with van der Waals surface area (Å²) in [4.78, 5) is 17.2. The molecule has 31 heavy (non-hydrogen) atoms. The van der Waals surface area contributed by atoms with E-state index >= 15 is 0 Å². The lowest BCUT2D eigenvalue weighted by Gasteiger charge is -2.23. The number of nitrogens with zero attached hydrogens (tertiary/aromatic N) is 2. The molecular weight excluding hydrogens is 445 g/mol. The average Bonchev–Trinajstić information content (AvgIpc) is 3.40. The fraction of sp³-hybridized carbons (Fsp3) is 0.300. The van der Waals surface area contributed by atoms with E-state index in [1.165, 1.54) is 54.9 Å². The van der Waals surface area contributed by atoms with Crippen LogP contribution >= 0.6 is 11.3 Å². The summed E-state index contributed by atoms with van der Waals surface area (Å²) in [5, 5.41) is 2.97. The van der Waals surface area contributed by atoms with Gasteiger partial charge in [-0.3, -0.25) is 4.79 Å². The smallest absolute Gasteiger partial charge is 0.244 e. The molecule has 1 N–H and O–H groups in total. The Hall–Kier alpha value is -2.76. The minimum Gasteiger partial charge on any atom is -0.493 e. The first-order valence-electron chi connectivity index (χ1n) is 9.44. The molecule has 11 heteroatoms. The van der Waals surface area contributed by atoms with Gasteiger partial charge in [0, 0.05) is 12.6 Å². The van der Waals surface area contributed by atoms with Crippen LogP contribution in [0, 0.1) is 5.82 Å². The number of sulfonamides is 1. The minimum absolute atomic E-state index is 0.0142. The van der Waals surface area contributed by atoms with Crippen LogP contribution in [-0.2, 0) is 14.8 Å². The zero-order valence-electron chi connectivity index (χ0n) is 16.8. The number of halogens is 1. The van der Waals surface area contributed by atoms with Crippen LogP contribution in [0.15, 0.2) is 41.3 Å². The number of amides is 1. The highest BCUT2D eigenvalue weighted by Gasteiger charge is 2.40. The first kappa shape index (κ1) is 21.5. The minimum atomic E-state index is -3.94. The van der Waals surface area contributed by atoms with Crippen molar-refractivity contribution in [1.29, 1.82) is 0 Å². The van der Waals surface area contributed by atoms with Crippen molar-refractivity contribution in [1.82, 2.24) is 9.29 Å². The number of fused-ring (bicyclic) bond motifs is 1. The van der Waals surface area contributed by atoms with Gasteiger partial charge in [0.05, 0.1) is 29.3 Å². The highest BCUT2D eigenvalue weighted by atomic mass is 32.2. The van der Waals surface area contributed by atoms with E-state index in [0.29, 0.717) is 33.9 Å². The van der Waals surface area contributed by atoms with Gasteiger partial charge < -0.3 is 14.8 Å². The van der Waals surface area contributed by atoms with Gasteiger partial charge in [0.2, 0.25) is 15.9 Å². The Bertz CT molecular complexity index is 1240. The third-order valence-corrected chi connectivity index (χ3v) is 7.89. The molecule has 0 aliphatic carbocycles. The number of aromatic nitrogens is 1. The molecule has 1 fully saturated rings. The molecule has 1 unspecified atom stereocenters. The van der Waals surface area contributed by atoms with E-state index in [1.54, 1.807) is 0 Å². The van der Waals surface area contributed by atoms with Crippen molar-refractivity contribution < 1.29 is 27.1 Å². The molecule has 0 bridgehead atoms. The molecule has 1 saturated heterocycles. The van der Waals surface area contributed by atoms with Crippen molar-refractivity contribution in [2.24, 2.45) is 0 Å². The Labute approximate surface area is 182 Å². The van der Waals surface area contributed by atoms with Crippen molar-refractivity contribution in [3.05, 3.63) is 42.2 Å². The monoisotopic (exact) mass is 465 g/mol. The average molecular weight is 466 g/mol. The maximum atomic E-state index is 13.4. The number of benzene rings is 2. The molecule has 1 amide bonds. The molecule has 4 rings (SSSR count). The predicted octanol–water partition coefficient (Wildman–Crippen LogP) is 3.24. The molecule has 0 saturated carbocycles. The summed E-state index contributed by atoms with van der Waals surface area (Å²) in [5.74, 6) is -0.173. The van der Waals surface area contributed by atoms with Gasteiger partial charge in [0.25, 0.3) is 0 Å². The van der Waals surface area contributed by atoms with Crippen molar-refractivity contribution in [3.8, 4) is 11.5 Å². The van der Waals surface area contributed by atoms with Gasteiger partial charge >= 0.3 is 0 Å². The number of rotatable bonds is 6. The fourth-order valence-corrected chi connectivity index (χ4v) is 6.11. The van der Waals surface area contributed by atoms with Crippen LogP contribution in [0.4, 0.5) is 9.52 Å². The van der Waals surface area contributed by atoms with E-state index in [-0.39, 0.29) is 17.2 Å². The van der Waals surface area contributed by atoms with Crippen LogP contribution in [0.1, 0.15) is 12.8 Å². The van der Waals surface area contributed by atoms with Gasteiger partial charge in [-0.1, -0.05) is 11.3 Å². The Morgan fingerprint density at radius 1 is 1.19 bits per heavy atom. The van der Waals surface area contributed by atoms with Crippen molar-refractivity contribution >= 4 is 42.6 Å². The highest BCUT2D eigenvalue weighted by molar-refractivity contribution is 7.89. The molecular formula is C20H20FN3O5S2. The van der Waals surface area contributed by atoms with Crippen LogP contribution in [0.5, 0.6) is 11.5 Å². The Balaban J connectivity index is 1.58. The second kappa shape index (κ2) is 8.40. The molecule has 2 heterocycles. The Morgan fingerprint density at radius 3 is 2.71 bits per heavy atom. The standard InChI is InChI=1S/C20H20FN3O5S2/c1-28-16-8-6-13(11-17(16)29-2)31(26,27)24-9-3-4-15(24)19(25)23-20-22-14-7-5-12(21)10-18(14)30-20/h5-8,10-11,15H,3-4,9H2,1-2H3,(H,22,23,25). The van der Waals surface area contributed by atoms with Crippen molar-refractivity contribution in [2.45, 2.75) is 23.8 Å². The number of methoxy groups -OCH3 is 2. The molecule has 1 atom stereocenters. The molecule has 0 spiro atoms. The van der Waals surface area contributed by atoms with E-state index < -0.39 is 27.8 Å². The summed E-state index contributed by atoms with van der Waals surface area (Å²) in [6.45, 7) is 0.222. The summed E-state index contributed by atoms with van der Waals surface area (Å²) in [6.07, 6.45) is 0.938. The quantitative estimate of drug-likeness (QED) is 0.600.